The van der Waals surface area contributed by atoms with Crippen LogP contribution in [-0.4, -0.2) is 21.6 Å². The molecule has 0 atom stereocenters. The number of thiazole rings is 1. The molecule has 0 radical (unpaired) electrons. The van der Waals surface area contributed by atoms with Gasteiger partial charge in [0.05, 0.1) is 6.61 Å². The first-order valence-electron chi connectivity index (χ1n) is 6.36. The minimum absolute atomic E-state index is 0.548. The molecule has 0 aliphatic rings. The number of para-hydroxylation sites is 1. The van der Waals surface area contributed by atoms with Crippen molar-refractivity contribution in [1.29, 1.82) is 0 Å². The number of ether oxygens (including phenoxy) is 1. The van der Waals surface area contributed by atoms with Crippen LogP contribution in [0.3, 0.4) is 0 Å². The average molecular weight is 286 g/mol. The zero-order chi connectivity index (χ0) is 13.9. The van der Waals surface area contributed by atoms with Gasteiger partial charge in [-0.05, 0) is 26.0 Å². The fourth-order valence-corrected chi connectivity index (χ4v) is 2.73. The predicted molar refractivity (Wildman–Crippen MR) is 80.8 cm³/mol. The molecule has 0 spiro atoms. The highest BCUT2D eigenvalue weighted by molar-refractivity contribution is 7.21. The van der Waals surface area contributed by atoms with Crippen molar-refractivity contribution in [2.45, 2.75) is 13.8 Å². The number of hydrogen-bond acceptors (Lipinski definition) is 6. The van der Waals surface area contributed by atoms with Crippen molar-refractivity contribution < 1.29 is 4.74 Å². The number of aromatic nitrogens is 3. The van der Waals surface area contributed by atoms with Gasteiger partial charge in [-0.3, -0.25) is 0 Å². The van der Waals surface area contributed by atoms with E-state index in [1.54, 1.807) is 0 Å². The maximum atomic E-state index is 5.53. The van der Waals surface area contributed by atoms with E-state index in [-0.39, 0.29) is 0 Å². The summed E-state index contributed by atoms with van der Waals surface area (Å²) in [6.07, 6.45) is 0. The van der Waals surface area contributed by atoms with Crippen LogP contribution in [0.15, 0.2) is 30.3 Å². The zero-order valence-corrected chi connectivity index (χ0v) is 12.1. The van der Waals surface area contributed by atoms with Crippen LogP contribution in [0.25, 0.3) is 10.3 Å². The molecule has 0 saturated carbocycles. The molecule has 2 aromatic heterocycles. The second-order valence-corrected chi connectivity index (χ2v) is 5.15. The highest BCUT2D eigenvalue weighted by Crippen LogP contribution is 2.31. The summed E-state index contributed by atoms with van der Waals surface area (Å²) in [5.74, 6) is 1.24. The summed E-state index contributed by atoms with van der Waals surface area (Å²) in [5.41, 5.74) is 1.70. The first-order valence-corrected chi connectivity index (χ1v) is 7.18. The van der Waals surface area contributed by atoms with Crippen LogP contribution < -0.4 is 10.1 Å². The second-order valence-electron chi connectivity index (χ2n) is 4.17. The lowest BCUT2D eigenvalue weighted by molar-refractivity contribution is 0.329. The molecule has 0 saturated heterocycles. The molecule has 3 aromatic rings. The van der Waals surface area contributed by atoms with Gasteiger partial charge in [0.25, 0.3) is 0 Å². The Morgan fingerprint density at radius 1 is 1.15 bits per heavy atom. The van der Waals surface area contributed by atoms with E-state index in [1.807, 2.05) is 44.2 Å². The monoisotopic (exact) mass is 286 g/mol. The van der Waals surface area contributed by atoms with Crippen molar-refractivity contribution in [3.05, 3.63) is 36.2 Å². The first kappa shape index (κ1) is 12.8. The van der Waals surface area contributed by atoms with Crippen LogP contribution >= 0.6 is 11.3 Å². The number of aryl methyl sites for hydroxylation is 1. The van der Waals surface area contributed by atoms with Gasteiger partial charge in [0.2, 0.25) is 5.88 Å². The third kappa shape index (κ3) is 2.55. The zero-order valence-electron chi connectivity index (χ0n) is 11.3. The highest BCUT2D eigenvalue weighted by atomic mass is 32.1. The fourth-order valence-electron chi connectivity index (χ4n) is 1.83. The maximum absolute atomic E-state index is 5.53. The third-order valence-electron chi connectivity index (χ3n) is 2.64. The molecule has 1 aromatic carbocycles. The lowest BCUT2D eigenvalue weighted by atomic mass is 10.3. The van der Waals surface area contributed by atoms with E-state index in [0.29, 0.717) is 23.8 Å². The topological polar surface area (TPSA) is 59.9 Å². The van der Waals surface area contributed by atoms with Crippen LogP contribution in [0.5, 0.6) is 5.88 Å². The molecule has 0 amide bonds. The quantitative estimate of drug-likeness (QED) is 0.795. The summed E-state index contributed by atoms with van der Waals surface area (Å²) in [7, 11) is 0. The Hall–Kier alpha value is -2.21. The van der Waals surface area contributed by atoms with E-state index >= 15 is 0 Å². The molecule has 20 heavy (non-hydrogen) atoms. The molecule has 102 valence electrons. The Kier molecular flexibility index (Phi) is 3.47. The minimum Gasteiger partial charge on any atom is -0.476 e. The normalized spacial score (nSPS) is 10.7. The summed E-state index contributed by atoms with van der Waals surface area (Å²) in [4.78, 5) is 14.1. The van der Waals surface area contributed by atoms with Gasteiger partial charge in [0, 0.05) is 5.69 Å². The van der Waals surface area contributed by atoms with Crippen LogP contribution in [0, 0.1) is 6.92 Å². The van der Waals surface area contributed by atoms with E-state index < -0.39 is 0 Å². The number of benzene rings is 1. The van der Waals surface area contributed by atoms with Crippen LogP contribution in [-0.2, 0) is 0 Å². The molecule has 0 aliphatic carbocycles. The van der Waals surface area contributed by atoms with E-state index in [2.05, 4.69) is 20.3 Å². The Morgan fingerprint density at radius 3 is 2.70 bits per heavy atom. The number of fused-ring (bicyclic) bond motifs is 1. The molecule has 2 heterocycles. The van der Waals surface area contributed by atoms with Gasteiger partial charge in [0.1, 0.15) is 5.82 Å². The van der Waals surface area contributed by atoms with Crippen molar-refractivity contribution in [3.63, 3.8) is 0 Å². The average Bonchev–Trinajstić information content (AvgIpc) is 2.82. The molecule has 6 heteroatoms. The largest absolute Gasteiger partial charge is 0.476 e. The van der Waals surface area contributed by atoms with Crippen LogP contribution in [0.4, 0.5) is 10.8 Å². The summed E-state index contributed by atoms with van der Waals surface area (Å²) in [6.45, 7) is 4.34. The van der Waals surface area contributed by atoms with E-state index in [1.165, 1.54) is 11.3 Å². The molecule has 1 N–H and O–H groups in total. The van der Waals surface area contributed by atoms with Crippen molar-refractivity contribution in [1.82, 2.24) is 15.0 Å². The number of anilines is 2. The van der Waals surface area contributed by atoms with Crippen molar-refractivity contribution in [3.8, 4) is 5.88 Å². The molecular weight excluding hydrogens is 272 g/mol. The minimum atomic E-state index is 0.548. The van der Waals surface area contributed by atoms with Crippen molar-refractivity contribution in [2.24, 2.45) is 0 Å². The van der Waals surface area contributed by atoms with E-state index in [4.69, 9.17) is 4.74 Å². The molecule has 3 rings (SSSR count). The Balaban J connectivity index is 1.99. The highest BCUT2D eigenvalue weighted by Gasteiger charge is 2.13. The first-order chi connectivity index (χ1) is 9.76. The standard InChI is InChI=1S/C14H14N4OS/c1-3-19-12-11-13(16-9(2)15-12)20-14(18-11)17-10-7-5-4-6-8-10/h4-8H,3H2,1-2H3,(H,17,18). The smallest absolute Gasteiger partial charge is 0.244 e. The summed E-state index contributed by atoms with van der Waals surface area (Å²) >= 11 is 1.49. The maximum Gasteiger partial charge on any atom is 0.244 e. The van der Waals surface area contributed by atoms with Crippen molar-refractivity contribution in [2.75, 3.05) is 11.9 Å². The number of nitrogens with zero attached hydrogens (tertiary/aromatic N) is 3. The van der Waals surface area contributed by atoms with Gasteiger partial charge in [-0.15, -0.1) is 0 Å². The lowest BCUT2D eigenvalue weighted by Gasteiger charge is -2.02. The molecular formula is C14H14N4OS. The third-order valence-corrected chi connectivity index (χ3v) is 3.51. The number of hydrogen-bond donors (Lipinski definition) is 1. The van der Waals surface area contributed by atoms with Gasteiger partial charge in [-0.2, -0.15) is 4.98 Å². The Labute approximate surface area is 120 Å². The molecule has 0 bridgehead atoms. The second kappa shape index (κ2) is 5.42. The predicted octanol–water partition coefficient (Wildman–Crippen LogP) is 3.54. The molecule has 0 unspecified atom stereocenters. The lowest BCUT2D eigenvalue weighted by Crippen LogP contribution is -1.98. The molecule has 0 aliphatic heterocycles. The summed E-state index contributed by atoms with van der Waals surface area (Å²) < 4.78 is 5.53. The summed E-state index contributed by atoms with van der Waals surface area (Å²) in [6, 6.07) is 9.92. The van der Waals surface area contributed by atoms with Gasteiger partial charge in [-0.1, -0.05) is 29.5 Å². The number of nitrogens with one attached hydrogen (secondary N) is 1. The van der Waals surface area contributed by atoms with Gasteiger partial charge in [0.15, 0.2) is 15.5 Å². The van der Waals surface area contributed by atoms with Gasteiger partial charge < -0.3 is 10.1 Å². The molecule has 0 fully saturated rings. The van der Waals surface area contributed by atoms with E-state index in [0.717, 1.165) is 15.6 Å². The number of rotatable bonds is 4. The molecule has 5 nitrogen and oxygen atoms in total. The van der Waals surface area contributed by atoms with Gasteiger partial charge >= 0.3 is 0 Å². The van der Waals surface area contributed by atoms with Gasteiger partial charge in [-0.25, -0.2) is 9.97 Å². The fraction of sp³-hybridized carbons (Fsp3) is 0.214. The SMILES string of the molecule is CCOc1nc(C)nc2sc(Nc3ccccc3)nc12. The van der Waals surface area contributed by atoms with Crippen LogP contribution in [0.2, 0.25) is 0 Å². The Bertz CT molecular complexity index is 727. The van der Waals surface area contributed by atoms with E-state index in [9.17, 15) is 0 Å². The van der Waals surface area contributed by atoms with Crippen LogP contribution in [0.1, 0.15) is 12.7 Å². The van der Waals surface area contributed by atoms with Crippen molar-refractivity contribution >= 4 is 32.5 Å². The summed E-state index contributed by atoms with van der Waals surface area (Å²) in [5, 5.41) is 4.05. The Morgan fingerprint density at radius 2 is 1.95 bits per heavy atom.